The number of nitrogens with one attached hydrogen (secondary N) is 1. The lowest BCUT2D eigenvalue weighted by molar-refractivity contribution is 0.0893. The molecule has 0 aliphatic carbocycles. The number of primary amides is 1. The zero-order valence-electron chi connectivity index (χ0n) is 18.8. The van der Waals surface area contributed by atoms with Crippen molar-refractivity contribution >= 4 is 36.6 Å². The van der Waals surface area contributed by atoms with Crippen molar-refractivity contribution in [2.45, 2.75) is 32.4 Å². The summed E-state index contributed by atoms with van der Waals surface area (Å²) in [5.74, 6) is -1.21. The van der Waals surface area contributed by atoms with Gasteiger partial charge in [-0.05, 0) is 30.3 Å². The molecule has 0 atom stereocenters. The highest BCUT2D eigenvalue weighted by Crippen LogP contribution is 2.39. The molecule has 4 aromatic rings. The normalized spacial score (nSPS) is 11.9. The lowest BCUT2D eigenvalue weighted by Gasteiger charge is -2.19. The third-order valence-corrected chi connectivity index (χ3v) is 7.61. The average molecular weight is 485 g/mol. The maximum atomic E-state index is 14.4. The van der Waals surface area contributed by atoms with E-state index in [9.17, 15) is 9.18 Å². The van der Waals surface area contributed by atoms with Crippen LogP contribution in [0, 0.1) is 5.82 Å². The minimum Gasteiger partial charge on any atom is -0.366 e. The molecule has 4 rings (SSSR count). The minimum absolute atomic E-state index is 0.0745. The van der Waals surface area contributed by atoms with Crippen molar-refractivity contribution in [2.75, 3.05) is 6.61 Å². The largest absolute Gasteiger partial charge is 0.366 e. The number of aromatic nitrogens is 3. The first-order valence-corrected chi connectivity index (χ1v) is 14.7. The summed E-state index contributed by atoms with van der Waals surface area (Å²) in [6.45, 7) is 7.57. The number of carbonyl (C=O) groups is 1. The number of fused-ring (bicyclic) bond motifs is 1. The van der Waals surface area contributed by atoms with Gasteiger partial charge in [-0.3, -0.25) is 4.79 Å². The molecule has 1 amide bonds. The molecule has 0 bridgehead atoms. The predicted molar refractivity (Wildman–Crippen MR) is 133 cm³/mol. The van der Waals surface area contributed by atoms with Gasteiger partial charge in [-0.2, -0.15) is 0 Å². The van der Waals surface area contributed by atoms with E-state index < -0.39 is 19.8 Å². The molecule has 172 valence electrons. The standard InChI is InChI=1S/C24H26ClFN4O2Si/c1-33(2,3)12-11-32-14-30-20(15-7-9-28-24-16(15)8-10-29-24)13-18(23(27)31)22(30)17-5-4-6-19(26)21(17)25/h4-10,13H,11-12,14H2,1-3H3,(H2,27,31)(H,28,29). The number of carbonyl (C=O) groups excluding carboxylic acids is 1. The van der Waals surface area contributed by atoms with Crippen LogP contribution in [0.5, 0.6) is 0 Å². The Labute approximate surface area is 197 Å². The van der Waals surface area contributed by atoms with Crippen molar-refractivity contribution in [1.29, 1.82) is 0 Å². The Hall–Kier alpha value is -2.94. The lowest BCUT2D eigenvalue weighted by Crippen LogP contribution is -2.22. The molecule has 0 saturated carbocycles. The molecule has 0 saturated heterocycles. The van der Waals surface area contributed by atoms with Gasteiger partial charge in [-0.25, -0.2) is 9.37 Å². The highest BCUT2D eigenvalue weighted by Gasteiger charge is 2.25. The topological polar surface area (TPSA) is 85.9 Å². The number of H-pyrrole nitrogens is 1. The fourth-order valence-electron chi connectivity index (χ4n) is 3.79. The van der Waals surface area contributed by atoms with Crippen molar-refractivity contribution in [3.05, 3.63) is 65.2 Å². The molecular weight excluding hydrogens is 459 g/mol. The first-order chi connectivity index (χ1) is 15.7. The fourth-order valence-corrected chi connectivity index (χ4v) is 4.76. The van der Waals surface area contributed by atoms with Gasteiger partial charge in [0, 0.05) is 43.6 Å². The third-order valence-electron chi connectivity index (χ3n) is 5.52. The highest BCUT2D eigenvalue weighted by molar-refractivity contribution is 6.76. The Bertz CT molecular complexity index is 1330. The summed E-state index contributed by atoms with van der Waals surface area (Å²) in [7, 11) is -1.30. The molecule has 0 aliphatic rings. The molecule has 6 nitrogen and oxygen atoms in total. The summed E-state index contributed by atoms with van der Waals surface area (Å²) in [5.41, 5.74) is 9.08. The number of hydrogen-bond donors (Lipinski definition) is 2. The molecule has 0 fully saturated rings. The second kappa shape index (κ2) is 9.13. The Kier molecular flexibility index (Phi) is 6.42. The van der Waals surface area contributed by atoms with Crippen molar-refractivity contribution in [1.82, 2.24) is 14.5 Å². The Balaban J connectivity index is 1.92. The minimum atomic E-state index is -1.30. The van der Waals surface area contributed by atoms with Gasteiger partial charge in [-0.1, -0.05) is 43.4 Å². The van der Waals surface area contributed by atoms with E-state index in [1.54, 1.807) is 30.6 Å². The molecule has 3 aromatic heterocycles. The predicted octanol–water partition coefficient (Wildman–Crippen LogP) is 5.90. The molecule has 3 N–H and O–H groups in total. The highest BCUT2D eigenvalue weighted by atomic mass is 35.5. The molecule has 1 aromatic carbocycles. The number of nitrogens with zero attached hydrogens (tertiary/aromatic N) is 2. The number of hydrogen-bond acceptors (Lipinski definition) is 3. The Morgan fingerprint density at radius 2 is 2.03 bits per heavy atom. The maximum absolute atomic E-state index is 14.4. The van der Waals surface area contributed by atoms with Gasteiger partial charge in [0.15, 0.2) is 0 Å². The number of benzene rings is 1. The second-order valence-corrected chi connectivity index (χ2v) is 15.1. The van der Waals surface area contributed by atoms with Gasteiger partial charge >= 0.3 is 0 Å². The van der Waals surface area contributed by atoms with Crippen LogP contribution in [0.3, 0.4) is 0 Å². The van der Waals surface area contributed by atoms with Crippen LogP contribution in [-0.4, -0.2) is 35.1 Å². The van der Waals surface area contributed by atoms with Crippen molar-refractivity contribution in [3.63, 3.8) is 0 Å². The summed E-state index contributed by atoms with van der Waals surface area (Å²) in [6, 6.07) is 11.0. The zero-order valence-corrected chi connectivity index (χ0v) is 20.5. The van der Waals surface area contributed by atoms with Crippen LogP contribution in [0.4, 0.5) is 4.39 Å². The van der Waals surface area contributed by atoms with Gasteiger partial charge in [-0.15, -0.1) is 0 Å². The number of aromatic amines is 1. The molecule has 9 heteroatoms. The van der Waals surface area contributed by atoms with Gasteiger partial charge in [0.1, 0.15) is 18.2 Å². The van der Waals surface area contributed by atoms with Crippen LogP contribution in [-0.2, 0) is 11.5 Å². The van der Waals surface area contributed by atoms with Crippen LogP contribution in [0.2, 0.25) is 30.7 Å². The first kappa shape index (κ1) is 23.2. The molecule has 33 heavy (non-hydrogen) atoms. The number of ether oxygens (including phenoxy) is 1. The zero-order chi connectivity index (χ0) is 23.8. The molecule has 0 radical (unpaired) electrons. The smallest absolute Gasteiger partial charge is 0.250 e. The molecule has 0 spiro atoms. The van der Waals surface area contributed by atoms with E-state index >= 15 is 0 Å². The second-order valence-electron chi connectivity index (χ2n) is 9.13. The SMILES string of the molecule is C[Si](C)(C)CCOCn1c(-c2ccnc3[nH]ccc23)cc(C(N)=O)c1-c1cccc(F)c1Cl. The van der Waals surface area contributed by atoms with Gasteiger partial charge in [0.2, 0.25) is 0 Å². The third kappa shape index (κ3) is 4.73. The number of nitrogens with two attached hydrogens (primary N) is 1. The summed E-state index contributed by atoms with van der Waals surface area (Å²) in [5, 5.41) is 0.806. The van der Waals surface area contributed by atoms with E-state index in [0.717, 1.165) is 17.0 Å². The van der Waals surface area contributed by atoms with Crippen molar-refractivity contribution < 1.29 is 13.9 Å². The van der Waals surface area contributed by atoms with Gasteiger partial charge < -0.3 is 20.0 Å². The molecular formula is C24H26ClFN4O2Si. The summed E-state index contributed by atoms with van der Waals surface area (Å²) in [4.78, 5) is 19.9. The first-order valence-electron chi connectivity index (χ1n) is 10.7. The summed E-state index contributed by atoms with van der Waals surface area (Å²) >= 11 is 6.34. The number of pyridine rings is 1. The van der Waals surface area contributed by atoms with E-state index in [4.69, 9.17) is 22.1 Å². The monoisotopic (exact) mass is 484 g/mol. The van der Waals surface area contributed by atoms with E-state index in [1.165, 1.54) is 6.07 Å². The van der Waals surface area contributed by atoms with Crippen LogP contribution in [0.1, 0.15) is 10.4 Å². The van der Waals surface area contributed by atoms with Gasteiger partial charge in [0.05, 0.1) is 22.0 Å². The van der Waals surface area contributed by atoms with Crippen LogP contribution < -0.4 is 5.73 Å². The van der Waals surface area contributed by atoms with Crippen LogP contribution >= 0.6 is 11.6 Å². The quantitative estimate of drug-likeness (QED) is 0.241. The lowest BCUT2D eigenvalue weighted by atomic mass is 10.1. The van der Waals surface area contributed by atoms with Crippen LogP contribution in [0.15, 0.2) is 48.8 Å². The summed E-state index contributed by atoms with van der Waals surface area (Å²) in [6.07, 6.45) is 3.49. The summed E-state index contributed by atoms with van der Waals surface area (Å²) < 4.78 is 22.3. The molecule has 0 aliphatic heterocycles. The van der Waals surface area contributed by atoms with Crippen molar-refractivity contribution in [2.24, 2.45) is 5.73 Å². The molecule has 3 heterocycles. The van der Waals surface area contributed by atoms with E-state index in [0.29, 0.717) is 29.2 Å². The van der Waals surface area contributed by atoms with Crippen molar-refractivity contribution in [3.8, 4) is 22.5 Å². The Morgan fingerprint density at radius 1 is 1.24 bits per heavy atom. The van der Waals surface area contributed by atoms with E-state index in [-0.39, 0.29) is 17.3 Å². The maximum Gasteiger partial charge on any atom is 0.250 e. The molecule has 0 unspecified atom stereocenters. The Morgan fingerprint density at radius 3 is 2.76 bits per heavy atom. The number of halogens is 2. The average Bonchev–Trinajstić information content (AvgIpc) is 3.37. The number of amides is 1. The van der Waals surface area contributed by atoms with E-state index in [2.05, 4.69) is 29.6 Å². The van der Waals surface area contributed by atoms with Crippen LogP contribution in [0.25, 0.3) is 33.5 Å². The van der Waals surface area contributed by atoms with Gasteiger partial charge in [0.25, 0.3) is 5.91 Å². The van der Waals surface area contributed by atoms with E-state index in [1.807, 2.05) is 16.7 Å². The number of rotatable bonds is 8. The fraction of sp³-hybridized carbons (Fsp3) is 0.250.